The van der Waals surface area contributed by atoms with Crippen LogP contribution in [0.1, 0.15) is 55.6 Å². The van der Waals surface area contributed by atoms with Crippen molar-refractivity contribution in [2.75, 3.05) is 24.4 Å². The van der Waals surface area contributed by atoms with E-state index in [2.05, 4.69) is 19.2 Å². The molecule has 120 valence electrons. The van der Waals surface area contributed by atoms with Crippen molar-refractivity contribution in [3.05, 3.63) is 4.88 Å². The first-order chi connectivity index (χ1) is 10.1. The molecule has 1 rings (SSSR count). The van der Waals surface area contributed by atoms with Crippen LogP contribution < -0.4 is 11.1 Å². The third-order valence-electron chi connectivity index (χ3n) is 3.35. The first-order valence-electron chi connectivity index (χ1n) is 7.40. The molecule has 0 aliphatic rings. The third-order valence-corrected chi connectivity index (χ3v) is 5.43. The predicted octanol–water partition coefficient (Wildman–Crippen LogP) is 4.61. The fourth-order valence-electron chi connectivity index (χ4n) is 2.24. The average molecular weight is 331 g/mol. The van der Waals surface area contributed by atoms with Gasteiger partial charge in [-0.2, -0.15) is 0 Å². The van der Waals surface area contributed by atoms with Crippen LogP contribution in [0, 0.1) is 0 Å². The van der Waals surface area contributed by atoms with Gasteiger partial charge in [-0.05, 0) is 19.1 Å². The van der Waals surface area contributed by atoms with Crippen LogP contribution in [-0.4, -0.2) is 25.4 Å². The highest BCUT2D eigenvalue weighted by Gasteiger charge is 2.22. The van der Waals surface area contributed by atoms with Gasteiger partial charge in [0.1, 0.15) is 9.88 Å². The molecule has 0 amide bonds. The standard InChI is InChI=1S/C15H26N2O2S2/c1-5-7-9-10(8-6-2)17-14-12(20-4)11(16)13(21-14)15(18)19-3/h10,17H,5-9,16H2,1-4H3. The Morgan fingerprint density at radius 3 is 2.62 bits per heavy atom. The van der Waals surface area contributed by atoms with Crippen LogP contribution in [0.3, 0.4) is 0 Å². The lowest BCUT2D eigenvalue weighted by Gasteiger charge is -2.18. The number of unbranched alkanes of at least 4 members (excludes halogenated alkanes) is 1. The summed E-state index contributed by atoms with van der Waals surface area (Å²) >= 11 is 2.97. The van der Waals surface area contributed by atoms with Crippen LogP contribution in [0.5, 0.6) is 0 Å². The van der Waals surface area contributed by atoms with Crippen LogP contribution in [0.25, 0.3) is 0 Å². The molecule has 1 unspecified atom stereocenters. The summed E-state index contributed by atoms with van der Waals surface area (Å²) in [5.74, 6) is -0.360. The summed E-state index contributed by atoms with van der Waals surface area (Å²) < 4.78 is 4.80. The summed E-state index contributed by atoms with van der Waals surface area (Å²) in [4.78, 5) is 13.2. The zero-order valence-electron chi connectivity index (χ0n) is 13.3. The minimum Gasteiger partial charge on any atom is -0.465 e. The first-order valence-corrected chi connectivity index (χ1v) is 9.44. The zero-order valence-corrected chi connectivity index (χ0v) is 15.0. The Bertz CT molecular complexity index is 461. The highest BCUT2D eigenvalue weighted by Crippen LogP contribution is 2.42. The largest absolute Gasteiger partial charge is 0.465 e. The number of thiophene rings is 1. The zero-order chi connectivity index (χ0) is 15.8. The molecule has 0 saturated heterocycles. The quantitative estimate of drug-likeness (QED) is 0.511. The molecule has 1 atom stereocenters. The second-order valence-electron chi connectivity index (χ2n) is 4.97. The van der Waals surface area contributed by atoms with Crippen LogP contribution in [-0.2, 0) is 4.74 Å². The maximum Gasteiger partial charge on any atom is 0.350 e. The molecule has 0 fully saturated rings. The Labute approximate surface area is 135 Å². The van der Waals surface area contributed by atoms with E-state index in [4.69, 9.17) is 10.5 Å². The van der Waals surface area contributed by atoms with Gasteiger partial charge < -0.3 is 15.8 Å². The molecule has 0 radical (unpaired) electrons. The van der Waals surface area contributed by atoms with E-state index in [1.165, 1.54) is 31.3 Å². The van der Waals surface area contributed by atoms with Crippen molar-refractivity contribution >= 4 is 39.8 Å². The van der Waals surface area contributed by atoms with Gasteiger partial charge in [0.05, 0.1) is 17.7 Å². The molecule has 1 aromatic rings. The summed E-state index contributed by atoms with van der Waals surface area (Å²) in [6.07, 6.45) is 7.78. The monoisotopic (exact) mass is 330 g/mol. The molecule has 6 heteroatoms. The fraction of sp³-hybridized carbons (Fsp3) is 0.667. The highest BCUT2D eigenvalue weighted by atomic mass is 32.2. The second-order valence-corrected chi connectivity index (χ2v) is 6.81. The van der Waals surface area contributed by atoms with Crippen molar-refractivity contribution in [1.29, 1.82) is 0 Å². The van der Waals surface area contributed by atoms with E-state index in [-0.39, 0.29) is 5.97 Å². The molecule has 0 aliphatic carbocycles. The molecule has 0 aliphatic heterocycles. The van der Waals surface area contributed by atoms with Crippen molar-refractivity contribution in [2.45, 2.75) is 56.9 Å². The number of anilines is 2. The van der Waals surface area contributed by atoms with Gasteiger partial charge in [-0.15, -0.1) is 23.1 Å². The second kappa shape index (κ2) is 9.20. The number of methoxy groups -OCH3 is 1. The van der Waals surface area contributed by atoms with Crippen molar-refractivity contribution < 1.29 is 9.53 Å². The van der Waals surface area contributed by atoms with Gasteiger partial charge in [0.15, 0.2) is 0 Å². The van der Waals surface area contributed by atoms with Crippen molar-refractivity contribution in [1.82, 2.24) is 0 Å². The van der Waals surface area contributed by atoms with Crippen molar-refractivity contribution in [3.63, 3.8) is 0 Å². The summed E-state index contributed by atoms with van der Waals surface area (Å²) in [7, 11) is 1.38. The molecule has 0 bridgehead atoms. The number of rotatable bonds is 9. The van der Waals surface area contributed by atoms with Crippen LogP contribution >= 0.6 is 23.1 Å². The Morgan fingerprint density at radius 2 is 2.10 bits per heavy atom. The molecule has 1 aromatic heterocycles. The van der Waals surface area contributed by atoms with Crippen LogP contribution in [0.2, 0.25) is 0 Å². The average Bonchev–Trinajstić information content (AvgIpc) is 2.80. The Kier molecular flexibility index (Phi) is 7.96. The van der Waals surface area contributed by atoms with E-state index >= 15 is 0 Å². The van der Waals surface area contributed by atoms with E-state index in [1.54, 1.807) is 11.8 Å². The van der Waals surface area contributed by atoms with E-state index in [1.807, 2.05) is 6.26 Å². The number of hydrogen-bond acceptors (Lipinski definition) is 6. The Balaban J connectivity index is 2.96. The first kappa shape index (κ1) is 18.2. The van der Waals surface area contributed by atoms with Crippen molar-refractivity contribution in [3.8, 4) is 0 Å². The number of carbonyl (C=O) groups excluding carboxylic acids is 1. The Hall–Kier alpha value is -0.880. The smallest absolute Gasteiger partial charge is 0.350 e. The maximum absolute atomic E-state index is 11.8. The van der Waals surface area contributed by atoms with Gasteiger partial charge in [-0.1, -0.05) is 33.1 Å². The normalized spacial score (nSPS) is 12.2. The highest BCUT2D eigenvalue weighted by molar-refractivity contribution is 7.99. The van der Waals surface area contributed by atoms with Crippen LogP contribution in [0.4, 0.5) is 10.7 Å². The number of ether oxygens (including phenoxy) is 1. The lowest BCUT2D eigenvalue weighted by Crippen LogP contribution is -2.18. The van der Waals surface area contributed by atoms with E-state index in [9.17, 15) is 4.79 Å². The van der Waals surface area contributed by atoms with Gasteiger partial charge in [-0.3, -0.25) is 0 Å². The van der Waals surface area contributed by atoms with Crippen molar-refractivity contribution in [2.24, 2.45) is 0 Å². The number of carbonyl (C=O) groups is 1. The lowest BCUT2D eigenvalue weighted by molar-refractivity contribution is 0.0607. The molecular formula is C15H26N2O2S2. The van der Waals surface area contributed by atoms with E-state index in [0.29, 0.717) is 16.6 Å². The van der Waals surface area contributed by atoms with Gasteiger partial charge in [0, 0.05) is 6.04 Å². The van der Waals surface area contributed by atoms with E-state index in [0.717, 1.165) is 29.2 Å². The molecular weight excluding hydrogens is 304 g/mol. The van der Waals surface area contributed by atoms with E-state index < -0.39 is 0 Å². The molecule has 0 spiro atoms. The number of nitrogens with two attached hydrogens (primary N) is 1. The fourth-order valence-corrected chi connectivity index (χ4v) is 4.26. The summed E-state index contributed by atoms with van der Waals surface area (Å²) in [5, 5.41) is 4.58. The number of hydrogen-bond donors (Lipinski definition) is 2. The molecule has 0 aromatic carbocycles. The minimum atomic E-state index is -0.360. The SMILES string of the molecule is CCCCC(CCC)Nc1sc(C(=O)OC)c(N)c1SC. The molecule has 3 N–H and O–H groups in total. The number of nitrogens with one attached hydrogen (secondary N) is 1. The molecule has 4 nitrogen and oxygen atoms in total. The molecule has 21 heavy (non-hydrogen) atoms. The number of nitrogen functional groups attached to an aromatic ring is 1. The summed E-state index contributed by atoms with van der Waals surface area (Å²) in [6.45, 7) is 4.40. The third kappa shape index (κ3) is 4.81. The number of thioether (sulfide) groups is 1. The molecule has 0 saturated carbocycles. The minimum absolute atomic E-state index is 0.360. The summed E-state index contributed by atoms with van der Waals surface area (Å²) in [5.41, 5.74) is 6.62. The number of esters is 1. The van der Waals surface area contributed by atoms with Gasteiger partial charge >= 0.3 is 5.97 Å². The summed E-state index contributed by atoms with van der Waals surface area (Å²) in [6, 6.07) is 0.435. The van der Waals surface area contributed by atoms with Gasteiger partial charge in [0.2, 0.25) is 0 Å². The van der Waals surface area contributed by atoms with Gasteiger partial charge in [-0.25, -0.2) is 4.79 Å². The lowest BCUT2D eigenvalue weighted by atomic mass is 10.1. The Morgan fingerprint density at radius 1 is 1.38 bits per heavy atom. The maximum atomic E-state index is 11.8. The van der Waals surface area contributed by atoms with Crippen LogP contribution in [0.15, 0.2) is 4.90 Å². The predicted molar refractivity (Wildman–Crippen MR) is 93.7 cm³/mol. The molecule has 1 heterocycles. The van der Waals surface area contributed by atoms with Gasteiger partial charge in [0.25, 0.3) is 0 Å². The topological polar surface area (TPSA) is 64.3 Å².